The Kier molecular flexibility index (Phi) is 5.92. The molecule has 1 N–H and O–H groups in total. The number of amides is 1. The molecule has 134 valence electrons. The average molecular weight is 406 g/mol. The second-order valence-electron chi connectivity index (χ2n) is 5.24. The van der Waals surface area contributed by atoms with Gasteiger partial charge in [0.15, 0.2) is 15.9 Å². The minimum absolute atomic E-state index is 0.112. The Hall–Kier alpha value is -1.83. The molecule has 9 heteroatoms. The highest BCUT2D eigenvalue weighted by Crippen LogP contribution is 2.28. The number of sulfone groups is 1. The maximum absolute atomic E-state index is 13.8. The van der Waals surface area contributed by atoms with Crippen LogP contribution >= 0.6 is 23.2 Å². The van der Waals surface area contributed by atoms with E-state index in [1.165, 1.54) is 19.1 Å². The second-order valence-corrected chi connectivity index (χ2v) is 8.10. The number of hydrogen-bond acceptors (Lipinski definition) is 4. The zero-order valence-corrected chi connectivity index (χ0v) is 15.5. The van der Waals surface area contributed by atoms with Gasteiger partial charge in [0.05, 0.1) is 15.6 Å². The molecule has 0 heterocycles. The lowest BCUT2D eigenvalue weighted by Gasteiger charge is -2.16. The van der Waals surface area contributed by atoms with Crippen molar-refractivity contribution in [3.8, 4) is 5.75 Å². The number of carbonyl (C=O) groups is 1. The van der Waals surface area contributed by atoms with Crippen molar-refractivity contribution in [1.82, 2.24) is 0 Å². The predicted octanol–water partition coefficient (Wildman–Crippen LogP) is 3.94. The lowest BCUT2D eigenvalue weighted by molar-refractivity contribution is -0.122. The maximum Gasteiger partial charge on any atom is 0.265 e. The molecule has 2 aromatic carbocycles. The van der Waals surface area contributed by atoms with Crippen LogP contribution in [0.5, 0.6) is 5.75 Å². The normalized spacial score (nSPS) is 12.5. The van der Waals surface area contributed by atoms with Crippen molar-refractivity contribution >= 4 is 44.6 Å². The van der Waals surface area contributed by atoms with Crippen LogP contribution in [0.2, 0.25) is 10.0 Å². The summed E-state index contributed by atoms with van der Waals surface area (Å²) in [6.07, 6.45) is -0.0277. The first-order valence-electron chi connectivity index (χ1n) is 7.00. The highest BCUT2D eigenvalue weighted by molar-refractivity contribution is 7.90. The first-order chi connectivity index (χ1) is 11.6. The number of hydrogen-bond donors (Lipinski definition) is 1. The van der Waals surface area contributed by atoms with Crippen molar-refractivity contribution in [2.75, 3.05) is 11.6 Å². The lowest BCUT2D eigenvalue weighted by atomic mass is 10.2. The minimum Gasteiger partial charge on any atom is -0.479 e. The van der Waals surface area contributed by atoms with E-state index < -0.39 is 27.7 Å². The average Bonchev–Trinajstić information content (AvgIpc) is 2.50. The first-order valence-corrected chi connectivity index (χ1v) is 9.65. The number of ether oxygens (including phenoxy) is 1. The molecule has 0 aliphatic rings. The molecule has 0 saturated heterocycles. The summed E-state index contributed by atoms with van der Waals surface area (Å²) in [7, 11) is -3.54. The van der Waals surface area contributed by atoms with E-state index in [0.29, 0.717) is 5.02 Å². The monoisotopic (exact) mass is 405 g/mol. The van der Waals surface area contributed by atoms with Crippen molar-refractivity contribution in [1.29, 1.82) is 0 Å². The Morgan fingerprint density at radius 1 is 1.20 bits per heavy atom. The van der Waals surface area contributed by atoms with Gasteiger partial charge in [0, 0.05) is 11.3 Å². The van der Waals surface area contributed by atoms with Gasteiger partial charge in [0.25, 0.3) is 5.91 Å². The molecular formula is C16H14Cl2FNO4S. The topological polar surface area (TPSA) is 72.5 Å². The predicted molar refractivity (Wildman–Crippen MR) is 94.7 cm³/mol. The summed E-state index contributed by atoms with van der Waals surface area (Å²) < 4.78 is 42.3. The molecular weight excluding hydrogens is 392 g/mol. The zero-order chi connectivity index (χ0) is 18.8. The molecule has 1 amide bonds. The Morgan fingerprint density at radius 3 is 2.48 bits per heavy atom. The number of carbonyl (C=O) groups excluding carboxylic acids is 1. The Bertz CT molecular complexity index is 918. The third kappa shape index (κ3) is 5.07. The van der Waals surface area contributed by atoms with Crippen molar-refractivity contribution in [3.63, 3.8) is 0 Å². The number of nitrogens with one attached hydrogen (secondary N) is 1. The molecule has 5 nitrogen and oxygen atoms in total. The Morgan fingerprint density at radius 2 is 1.88 bits per heavy atom. The van der Waals surface area contributed by atoms with Crippen molar-refractivity contribution in [3.05, 3.63) is 52.3 Å². The van der Waals surface area contributed by atoms with Crippen LogP contribution in [0.4, 0.5) is 10.1 Å². The van der Waals surface area contributed by atoms with Crippen LogP contribution in [0.1, 0.15) is 6.92 Å². The Balaban J connectivity index is 2.16. The third-order valence-electron chi connectivity index (χ3n) is 3.19. The van der Waals surface area contributed by atoms with Gasteiger partial charge in [-0.25, -0.2) is 12.8 Å². The number of halogens is 3. The number of rotatable bonds is 5. The zero-order valence-electron chi connectivity index (χ0n) is 13.2. The van der Waals surface area contributed by atoms with E-state index in [1.54, 1.807) is 6.07 Å². The van der Waals surface area contributed by atoms with E-state index >= 15 is 0 Å². The van der Waals surface area contributed by atoms with Crippen molar-refractivity contribution in [2.45, 2.75) is 17.9 Å². The van der Waals surface area contributed by atoms with Gasteiger partial charge in [-0.05, 0) is 43.3 Å². The molecule has 0 radical (unpaired) electrons. The second kappa shape index (κ2) is 7.59. The van der Waals surface area contributed by atoms with Gasteiger partial charge >= 0.3 is 0 Å². The van der Waals surface area contributed by atoms with Gasteiger partial charge in [0.2, 0.25) is 0 Å². The molecule has 2 rings (SSSR count). The van der Waals surface area contributed by atoms with Crippen molar-refractivity contribution in [2.24, 2.45) is 0 Å². The van der Waals surface area contributed by atoms with Gasteiger partial charge in [-0.3, -0.25) is 4.79 Å². The fraction of sp³-hybridized carbons (Fsp3) is 0.188. The number of benzene rings is 2. The van der Waals surface area contributed by atoms with E-state index in [1.807, 2.05) is 0 Å². The quantitative estimate of drug-likeness (QED) is 0.764. The van der Waals surface area contributed by atoms with Crippen LogP contribution in [0.25, 0.3) is 0 Å². The fourth-order valence-corrected chi connectivity index (χ4v) is 2.98. The molecule has 0 bridgehead atoms. The van der Waals surface area contributed by atoms with E-state index in [2.05, 4.69) is 5.32 Å². The van der Waals surface area contributed by atoms with Crippen LogP contribution in [0.3, 0.4) is 0 Å². The molecule has 0 unspecified atom stereocenters. The summed E-state index contributed by atoms with van der Waals surface area (Å²) in [6, 6.07) is 7.63. The molecule has 0 aromatic heterocycles. The molecule has 0 aliphatic carbocycles. The van der Waals surface area contributed by atoms with Crippen LogP contribution in [-0.4, -0.2) is 26.7 Å². The van der Waals surface area contributed by atoms with Gasteiger partial charge in [-0.15, -0.1) is 0 Å². The first kappa shape index (κ1) is 19.5. The van der Waals surface area contributed by atoms with E-state index in [4.69, 9.17) is 27.9 Å². The summed E-state index contributed by atoms with van der Waals surface area (Å²) in [5, 5.41) is 2.93. The van der Waals surface area contributed by atoms with Gasteiger partial charge in [0.1, 0.15) is 11.6 Å². The largest absolute Gasteiger partial charge is 0.479 e. The molecule has 25 heavy (non-hydrogen) atoms. The van der Waals surface area contributed by atoms with Crippen LogP contribution in [0, 0.1) is 5.82 Å². The summed E-state index contributed by atoms with van der Waals surface area (Å²) >= 11 is 11.7. The summed E-state index contributed by atoms with van der Waals surface area (Å²) in [5.41, 5.74) is -0.259. The van der Waals surface area contributed by atoms with E-state index in [-0.39, 0.29) is 21.4 Å². The highest BCUT2D eigenvalue weighted by Gasteiger charge is 2.19. The molecule has 0 spiro atoms. The fourth-order valence-electron chi connectivity index (χ4n) is 1.88. The minimum atomic E-state index is -3.54. The van der Waals surface area contributed by atoms with Crippen molar-refractivity contribution < 1.29 is 22.3 Å². The third-order valence-corrected chi connectivity index (χ3v) is 4.83. The van der Waals surface area contributed by atoms with Gasteiger partial charge in [-0.2, -0.15) is 0 Å². The maximum atomic E-state index is 13.8. The van der Waals surface area contributed by atoms with Gasteiger partial charge < -0.3 is 10.1 Å². The molecule has 0 fully saturated rings. The smallest absolute Gasteiger partial charge is 0.265 e. The van der Waals surface area contributed by atoms with Crippen LogP contribution < -0.4 is 10.1 Å². The number of anilines is 1. The van der Waals surface area contributed by atoms with Crippen LogP contribution in [0.15, 0.2) is 41.3 Å². The highest BCUT2D eigenvalue weighted by atomic mass is 35.5. The van der Waals surface area contributed by atoms with E-state index in [9.17, 15) is 17.6 Å². The van der Waals surface area contributed by atoms with Gasteiger partial charge in [-0.1, -0.05) is 23.2 Å². The summed E-state index contributed by atoms with van der Waals surface area (Å²) in [5.74, 6) is -1.20. The molecule has 2 aromatic rings. The Labute approximate surface area is 154 Å². The van der Waals surface area contributed by atoms with Crippen LogP contribution in [-0.2, 0) is 14.6 Å². The molecule has 0 aliphatic heterocycles. The molecule has 0 saturated carbocycles. The SMILES string of the molecule is C[C@H](Oc1ccc(Cl)cc1Cl)C(=O)Nc1cc(S(C)(=O)=O)ccc1F. The lowest BCUT2D eigenvalue weighted by Crippen LogP contribution is -2.30. The summed E-state index contributed by atoms with van der Waals surface area (Å²) in [4.78, 5) is 12.1. The van der Waals surface area contributed by atoms with E-state index in [0.717, 1.165) is 24.5 Å². The molecule has 1 atom stereocenters. The standard InChI is InChI=1S/C16H14Cl2FNO4S/c1-9(24-15-6-3-10(17)7-12(15)18)16(21)20-14-8-11(25(2,22)23)4-5-13(14)19/h3-9H,1-2H3,(H,20,21)/t9-/m0/s1. The summed E-state index contributed by atoms with van der Waals surface area (Å²) in [6.45, 7) is 1.44.